The Hall–Kier alpha value is -2.21. The highest BCUT2D eigenvalue weighted by molar-refractivity contribution is 7.89. The molecule has 0 bridgehead atoms. The Balaban J connectivity index is 2.50. The van der Waals surface area contributed by atoms with Crippen LogP contribution in [-0.2, 0) is 27.5 Å². The quantitative estimate of drug-likeness (QED) is 0.753. The van der Waals surface area contributed by atoms with Crippen LogP contribution < -0.4 is 9.44 Å². The Morgan fingerprint density at radius 2 is 1.85 bits per heavy atom. The molecule has 0 radical (unpaired) electrons. The average molecular weight is 419 g/mol. The lowest BCUT2D eigenvalue weighted by molar-refractivity contribution is -0.137. The normalized spacial score (nSPS) is 13.7. The minimum absolute atomic E-state index is 0.0737. The van der Waals surface area contributed by atoms with Crippen molar-refractivity contribution in [2.45, 2.75) is 18.0 Å². The van der Waals surface area contributed by atoms with Crippen molar-refractivity contribution >= 4 is 33.1 Å². The second-order valence-electron chi connectivity index (χ2n) is 5.50. The minimum atomic E-state index is -4.55. The van der Waals surface area contributed by atoms with E-state index in [1.807, 2.05) is 0 Å². The number of primary sulfonamides is 1. The van der Waals surface area contributed by atoms with Crippen molar-refractivity contribution in [3.63, 3.8) is 0 Å². The van der Waals surface area contributed by atoms with Gasteiger partial charge in [0.05, 0.1) is 22.5 Å². The lowest BCUT2D eigenvalue weighted by Gasteiger charge is -2.24. The van der Waals surface area contributed by atoms with Crippen LogP contribution in [0.25, 0.3) is 6.08 Å². The monoisotopic (exact) mass is 419 g/mol. The molecule has 146 valence electrons. The van der Waals surface area contributed by atoms with Crippen molar-refractivity contribution in [2.24, 2.45) is 5.14 Å². The van der Waals surface area contributed by atoms with E-state index in [9.17, 15) is 30.4 Å². The summed E-state index contributed by atoms with van der Waals surface area (Å²) in [5, 5.41) is 5.13. The summed E-state index contributed by atoms with van der Waals surface area (Å²) >= 11 is -2.95. The maximum absolute atomic E-state index is 12.8. The first-order valence-electron chi connectivity index (χ1n) is 7.27. The Morgan fingerprint density at radius 3 is 2.41 bits per heavy atom. The van der Waals surface area contributed by atoms with E-state index in [0.717, 1.165) is 24.4 Å². The fraction of sp³-hybridized carbons (Fsp3) is 0.125. The Kier molecular flexibility index (Phi) is 6.10. The van der Waals surface area contributed by atoms with Crippen molar-refractivity contribution in [3.8, 4) is 0 Å². The molecule has 0 aliphatic heterocycles. The Labute approximate surface area is 156 Å². The number of alkyl halides is 3. The van der Waals surface area contributed by atoms with Crippen LogP contribution in [0, 0.1) is 6.92 Å². The van der Waals surface area contributed by atoms with Crippen LogP contribution >= 0.6 is 0 Å². The first kappa shape index (κ1) is 21.1. The number of hydrogen-bond donors (Lipinski definition) is 1. The second-order valence-corrected chi connectivity index (χ2v) is 7.86. The molecule has 0 spiro atoms. The van der Waals surface area contributed by atoms with Gasteiger partial charge in [-0.3, -0.25) is 8.51 Å². The van der Waals surface area contributed by atoms with Gasteiger partial charge in [-0.05, 0) is 48.4 Å². The number of sulfonamides is 1. The SMILES string of the molecule is Cc1ccc(N(C=Cc2cccc(C(F)(F)F)c2)S(=O)[O-])c(S(N)(=O)=O)c1. The Bertz CT molecular complexity index is 1000. The van der Waals surface area contributed by atoms with Gasteiger partial charge in [0.15, 0.2) is 0 Å². The van der Waals surface area contributed by atoms with E-state index in [2.05, 4.69) is 0 Å². The molecule has 0 aliphatic rings. The van der Waals surface area contributed by atoms with Gasteiger partial charge in [0.25, 0.3) is 0 Å². The highest BCUT2D eigenvalue weighted by Crippen LogP contribution is 2.30. The van der Waals surface area contributed by atoms with Crippen molar-refractivity contribution in [2.75, 3.05) is 4.31 Å². The lowest BCUT2D eigenvalue weighted by Crippen LogP contribution is -2.23. The molecule has 2 rings (SSSR count). The van der Waals surface area contributed by atoms with Crippen molar-refractivity contribution < 1.29 is 30.4 Å². The van der Waals surface area contributed by atoms with E-state index in [1.165, 1.54) is 30.3 Å². The number of benzene rings is 2. The second kappa shape index (κ2) is 7.80. The molecular formula is C16H14F3N2O4S2-. The number of nitrogens with two attached hydrogens (primary N) is 1. The van der Waals surface area contributed by atoms with E-state index in [0.29, 0.717) is 9.87 Å². The predicted molar refractivity (Wildman–Crippen MR) is 94.4 cm³/mol. The third-order valence-electron chi connectivity index (χ3n) is 3.44. The zero-order valence-electron chi connectivity index (χ0n) is 13.8. The summed E-state index contributed by atoms with van der Waals surface area (Å²) in [7, 11) is -4.24. The molecule has 11 heteroatoms. The molecule has 0 amide bonds. The summed E-state index contributed by atoms with van der Waals surface area (Å²) in [6.45, 7) is 1.59. The fourth-order valence-corrected chi connectivity index (χ4v) is 3.56. The molecule has 6 nitrogen and oxygen atoms in total. The zero-order chi connectivity index (χ0) is 20.4. The van der Waals surface area contributed by atoms with Gasteiger partial charge < -0.3 is 4.55 Å². The number of anilines is 1. The smallest absolute Gasteiger partial charge is 0.416 e. The van der Waals surface area contributed by atoms with Crippen LogP contribution in [0.1, 0.15) is 16.7 Å². The minimum Gasteiger partial charge on any atom is -0.755 e. The van der Waals surface area contributed by atoms with Crippen LogP contribution in [0.5, 0.6) is 0 Å². The highest BCUT2D eigenvalue weighted by atomic mass is 32.2. The summed E-state index contributed by atoms with van der Waals surface area (Å²) < 4.78 is 85.5. The maximum atomic E-state index is 12.8. The molecule has 0 heterocycles. The first-order chi connectivity index (χ1) is 12.4. The molecule has 1 atom stereocenters. The number of rotatable bonds is 5. The molecule has 2 N–H and O–H groups in total. The molecule has 0 saturated heterocycles. The van der Waals surface area contributed by atoms with Gasteiger partial charge in [0.1, 0.15) is 4.90 Å². The van der Waals surface area contributed by atoms with Gasteiger partial charge >= 0.3 is 6.18 Å². The maximum Gasteiger partial charge on any atom is 0.416 e. The van der Waals surface area contributed by atoms with Crippen LogP contribution in [-0.4, -0.2) is 17.2 Å². The zero-order valence-corrected chi connectivity index (χ0v) is 15.4. The molecule has 1 unspecified atom stereocenters. The fourth-order valence-electron chi connectivity index (χ4n) is 2.21. The van der Waals surface area contributed by atoms with Gasteiger partial charge in [0, 0.05) is 6.20 Å². The van der Waals surface area contributed by atoms with Crippen LogP contribution in [0.4, 0.5) is 18.9 Å². The van der Waals surface area contributed by atoms with Crippen LogP contribution in [0.2, 0.25) is 0 Å². The van der Waals surface area contributed by atoms with E-state index >= 15 is 0 Å². The van der Waals surface area contributed by atoms with Gasteiger partial charge in [-0.25, -0.2) is 13.6 Å². The summed E-state index contributed by atoms with van der Waals surface area (Å²) in [5.74, 6) is 0. The molecule has 0 saturated carbocycles. The van der Waals surface area contributed by atoms with E-state index in [-0.39, 0.29) is 11.3 Å². The largest absolute Gasteiger partial charge is 0.755 e. The van der Waals surface area contributed by atoms with Gasteiger partial charge in [-0.2, -0.15) is 13.2 Å². The number of halogens is 3. The number of nitrogens with zero attached hydrogens (tertiary/aromatic N) is 1. The third-order valence-corrected chi connectivity index (χ3v) is 5.02. The molecule has 0 fully saturated rings. The number of aryl methyl sites for hydroxylation is 1. The first-order valence-corrected chi connectivity index (χ1v) is 9.85. The molecule has 0 aromatic heterocycles. The molecule has 0 aliphatic carbocycles. The Morgan fingerprint density at radius 1 is 1.19 bits per heavy atom. The van der Waals surface area contributed by atoms with Gasteiger partial charge in [-0.1, -0.05) is 18.2 Å². The molecule has 2 aromatic carbocycles. The van der Waals surface area contributed by atoms with Crippen molar-refractivity contribution in [1.82, 2.24) is 0 Å². The third kappa shape index (κ3) is 5.39. The van der Waals surface area contributed by atoms with Crippen molar-refractivity contribution in [3.05, 3.63) is 65.4 Å². The molecular weight excluding hydrogens is 405 g/mol. The summed E-state index contributed by atoms with van der Waals surface area (Å²) in [6, 6.07) is 8.13. The summed E-state index contributed by atoms with van der Waals surface area (Å²) in [5.41, 5.74) is -0.550. The highest BCUT2D eigenvalue weighted by Gasteiger charge is 2.30. The van der Waals surface area contributed by atoms with E-state index < -0.39 is 37.9 Å². The molecule has 2 aromatic rings. The van der Waals surface area contributed by atoms with Crippen molar-refractivity contribution in [1.29, 1.82) is 0 Å². The van der Waals surface area contributed by atoms with Crippen LogP contribution in [0.15, 0.2) is 53.6 Å². The van der Waals surface area contributed by atoms with E-state index in [4.69, 9.17) is 5.14 Å². The number of hydrogen-bond acceptors (Lipinski definition) is 4. The van der Waals surface area contributed by atoms with Crippen LogP contribution in [0.3, 0.4) is 0 Å². The predicted octanol–water partition coefficient (Wildman–Crippen LogP) is 2.93. The van der Waals surface area contributed by atoms with Gasteiger partial charge in [-0.15, -0.1) is 0 Å². The standard InChI is InChI=1S/C16H15F3N2O4S2/c1-11-5-6-14(15(9-11)27(20,24)25)21(26(22)23)8-7-12-3-2-4-13(10-12)16(17,18)19/h2-10H,1H3,(H,22,23)(H2,20,24,25)/p-1. The van der Waals surface area contributed by atoms with Gasteiger partial charge in [0.2, 0.25) is 10.0 Å². The van der Waals surface area contributed by atoms with E-state index in [1.54, 1.807) is 6.92 Å². The summed E-state index contributed by atoms with van der Waals surface area (Å²) in [4.78, 5) is -0.430. The average Bonchev–Trinajstić information content (AvgIpc) is 2.54. The topological polar surface area (TPSA) is 104 Å². The molecule has 27 heavy (non-hydrogen) atoms. The summed E-state index contributed by atoms with van der Waals surface area (Å²) in [6.07, 6.45) is -2.50. The lowest BCUT2D eigenvalue weighted by atomic mass is 10.1.